The number of phenolic OH excluding ortho intramolecular Hbond substituents is 1. The summed E-state index contributed by atoms with van der Waals surface area (Å²) >= 11 is 1.07. The molecule has 34 heavy (non-hydrogen) atoms. The summed E-state index contributed by atoms with van der Waals surface area (Å²) in [5.41, 5.74) is 2.12. The number of aryl methyl sites for hydroxylation is 1. The lowest BCUT2D eigenvalue weighted by Crippen LogP contribution is -2.20. The van der Waals surface area contributed by atoms with Gasteiger partial charge in [0.05, 0.1) is 18.6 Å². The lowest BCUT2D eigenvalue weighted by Gasteiger charge is -2.07. The largest absolute Gasteiger partial charge is 0.504 e. The second kappa shape index (κ2) is 10.6. The van der Waals surface area contributed by atoms with Gasteiger partial charge in [0.15, 0.2) is 28.2 Å². The van der Waals surface area contributed by atoms with Crippen LogP contribution in [0.15, 0.2) is 34.5 Å². The number of halogens is 3. The standard InChI is InChI=1S/C20H22F3N7O3S/c1-4-30-18(13-9-16(20(21,22)23)28-29(13)3)26-27-19(30)34-11-17(32)25-24-10-12-6-7-14(31)15(8-12)33-5-2/h6-10,31H,4-5,11H2,1-3H3,(H,25,32). The van der Waals surface area contributed by atoms with Gasteiger partial charge >= 0.3 is 6.18 Å². The fourth-order valence-electron chi connectivity index (χ4n) is 2.91. The summed E-state index contributed by atoms with van der Waals surface area (Å²) in [6, 6.07) is 5.55. The smallest absolute Gasteiger partial charge is 0.435 e. The predicted octanol–water partition coefficient (Wildman–Crippen LogP) is 3.06. The van der Waals surface area contributed by atoms with Crippen LogP contribution in [0.4, 0.5) is 13.2 Å². The van der Waals surface area contributed by atoms with E-state index < -0.39 is 17.8 Å². The van der Waals surface area contributed by atoms with Crippen LogP contribution >= 0.6 is 11.8 Å². The van der Waals surface area contributed by atoms with Crippen molar-refractivity contribution in [1.82, 2.24) is 30.0 Å². The van der Waals surface area contributed by atoms with Gasteiger partial charge in [-0.2, -0.15) is 23.4 Å². The van der Waals surface area contributed by atoms with Gasteiger partial charge in [-0.3, -0.25) is 9.48 Å². The van der Waals surface area contributed by atoms with Gasteiger partial charge in [0.1, 0.15) is 5.69 Å². The Morgan fingerprint density at radius 1 is 1.29 bits per heavy atom. The third-order valence-electron chi connectivity index (χ3n) is 4.45. The number of aromatic hydroxyl groups is 1. The first-order chi connectivity index (χ1) is 16.1. The van der Waals surface area contributed by atoms with E-state index in [1.807, 2.05) is 0 Å². The van der Waals surface area contributed by atoms with E-state index in [1.54, 1.807) is 30.5 Å². The van der Waals surface area contributed by atoms with Gasteiger partial charge < -0.3 is 14.4 Å². The van der Waals surface area contributed by atoms with Crippen molar-refractivity contribution in [2.24, 2.45) is 12.1 Å². The summed E-state index contributed by atoms with van der Waals surface area (Å²) in [5.74, 6) is 0.0518. The molecule has 0 unspecified atom stereocenters. The van der Waals surface area contributed by atoms with Crippen LogP contribution in [-0.4, -0.2) is 54.1 Å². The van der Waals surface area contributed by atoms with Crippen LogP contribution in [0.25, 0.3) is 11.5 Å². The molecule has 0 saturated heterocycles. The fraction of sp³-hybridized carbons (Fsp3) is 0.350. The predicted molar refractivity (Wildman–Crippen MR) is 119 cm³/mol. The molecule has 3 rings (SSSR count). The Balaban J connectivity index is 1.64. The highest BCUT2D eigenvalue weighted by molar-refractivity contribution is 7.99. The number of alkyl halides is 3. The van der Waals surface area contributed by atoms with E-state index in [0.717, 1.165) is 22.5 Å². The van der Waals surface area contributed by atoms with Crippen molar-refractivity contribution in [3.8, 4) is 23.0 Å². The number of hydrogen-bond acceptors (Lipinski definition) is 8. The van der Waals surface area contributed by atoms with Crippen LogP contribution in [0.3, 0.4) is 0 Å². The normalized spacial score (nSPS) is 11.8. The van der Waals surface area contributed by atoms with Gasteiger partial charge in [0.2, 0.25) is 0 Å². The topological polar surface area (TPSA) is 119 Å². The van der Waals surface area contributed by atoms with E-state index in [-0.39, 0.29) is 23.0 Å². The number of ether oxygens (including phenoxy) is 1. The van der Waals surface area contributed by atoms with Crippen molar-refractivity contribution >= 4 is 23.9 Å². The number of nitrogens with zero attached hydrogens (tertiary/aromatic N) is 6. The van der Waals surface area contributed by atoms with Gasteiger partial charge in [-0.25, -0.2) is 5.43 Å². The molecule has 0 radical (unpaired) electrons. The average molecular weight is 498 g/mol. The Bertz CT molecular complexity index is 1190. The van der Waals surface area contributed by atoms with Crippen molar-refractivity contribution in [1.29, 1.82) is 0 Å². The Labute approximate surface area is 196 Å². The highest BCUT2D eigenvalue weighted by atomic mass is 32.2. The molecule has 182 valence electrons. The van der Waals surface area contributed by atoms with Gasteiger partial charge in [-0.15, -0.1) is 10.2 Å². The molecule has 0 bridgehead atoms. The molecule has 0 saturated carbocycles. The van der Waals surface area contributed by atoms with E-state index in [9.17, 15) is 23.1 Å². The van der Waals surface area contributed by atoms with Crippen LogP contribution in [0.1, 0.15) is 25.1 Å². The molecule has 2 N–H and O–H groups in total. The maximum absolute atomic E-state index is 13.0. The summed E-state index contributed by atoms with van der Waals surface area (Å²) in [6.45, 7) is 4.34. The van der Waals surface area contributed by atoms with Crippen molar-refractivity contribution in [3.05, 3.63) is 35.5 Å². The quantitative estimate of drug-likeness (QED) is 0.265. The zero-order valence-corrected chi connectivity index (χ0v) is 19.3. The Morgan fingerprint density at radius 2 is 2.06 bits per heavy atom. The van der Waals surface area contributed by atoms with Crippen LogP contribution in [-0.2, 0) is 24.6 Å². The maximum Gasteiger partial charge on any atom is 0.435 e. The van der Waals surface area contributed by atoms with Gasteiger partial charge in [-0.1, -0.05) is 11.8 Å². The third kappa shape index (κ3) is 5.87. The number of rotatable bonds is 9. The number of thioether (sulfide) groups is 1. The minimum Gasteiger partial charge on any atom is -0.504 e. The number of hydrazone groups is 1. The van der Waals surface area contributed by atoms with E-state index in [4.69, 9.17) is 4.74 Å². The second-order valence-electron chi connectivity index (χ2n) is 6.83. The molecule has 0 atom stereocenters. The molecule has 1 amide bonds. The van der Waals surface area contributed by atoms with Gasteiger partial charge in [-0.05, 0) is 43.7 Å². The lowest BCUT2D eigenvalue weighted by atomic mass is 10.2. The van der Waals surface area contributed by atoms with Crippen molar-refractivity contribution < 1.29 is 27.8 Å². The Morgan fingerprint density at radius 3 is 2.71 bits per heavy atom. The highest BCUT2D eigenvalue weighted by Crippen LogP contribution is 2.32. The summed E-state index contributed by atoms with van der Waals surface area (Å²) < 4.78 is 46.9. The van der Waals surface area contributed by atoms with Crippen LogP contribution in [0, 0.1) is 0 Å². The third-order valence-corrected chi connectivity index (χ3v) is 5.42. The number of phenols is 1. The zero-order chi connectivity index (χ0) is 24.9. The minimum atomic E-state index is -4.58. The average Bonchev–Trinajstić information content (AvgIpc) is 3.37. The second-order valence-corrected chi connectivity index (χ2v) is 7.77. The molecule has 0 spiro atoms. The van der Waals surface area contributed by atoms with Crippen molar-refractivity contribution in [2.45, 2.75) is 31.7 Å². The molecule has 10 nitrogen and oxygen atoms in total. The molecule has 0 aliphatic heterocycles. The molecule has 2 heterocycles. The highest BCUT2D eigenvalue weighted by Gasteiger charge is 2.35. The first-order valence-corrected chi connectivity index (χ1v) is 11.1. The van der Waals surface area contributed by atoms with E-state index >= 15 is 0 Å². The van der Waals surface area contributed by atoms with Crippen molar-refractivity contribution in [2.75, 3.05) is 12.4 Å². The van der Waals surface area contributed by atoms with E-state index in [2.05, 4.69) is 25.8 Å². The molecule has 14 heteroatoms. The van der Waals surface area contributed by atoms with Crippen LogP contribution < -0.4 is 10.2 Å². The van der Waals surface area contributed by atoms with Gasteiger partial charge in [0.25, 0.3) is 5.91 Å². The molecule has 0 aliphatic carbocycles. The van der Waals surface area contributed by atoms with Gasteiger partial charge in [0, 0.05) is 13.6 Å². The lowest BCUT2D eigenvalue weighted by molar-refractivity contribution is -0.141. The fourth-order valence-corrected chi connectivity index (χ4v) is 3.70. The number of aromatic nitrogens is 5. The number of hydrogen-bond donors (Lipinski definition) is 2. The van der Waals surface area contributed by atoms with E-state index in [0.29, 0.717) is 29.6 Å². The summed E-state index contributed by atoms with van der Waals surface area (Å²) in [4.78, 5) is 12.2. The molecular formula is C20H22F3N7O3S. The summed E-state index contributed by atoms with van der Waals surface area (Å²) in [7, 11) is 1.39. The van der Waals surface area contributed by atoms with E-state index in [1.165, 1.54) is 19.3 Å². The van der Waals surface area contributed by atoms with Crippen molar-refractivity contribution in [3.63, 3.8) is 0 Å². The summed E-state index contributed by atoms with van der Waals surface area (Å²) in [6.07, 6.45) is -3.17. The number of carbonyl (C=O) groups is 1. The molecule has 2 aromatic heterocycles. The summed E-state index contributed by atoms with van der Waals surface area (Å²) in [5, 5.41) is 25.5. The maximum atomic E-state index is 13.0. The first kappa shape index (κ1) is 25.1. The molecular weight excluding hydrogens is 475 g/mol. The monoisotopic (exact) mass is 497 g/mol. The number of benzene rings is 1. The Kier molecular flexibility index (Phi) is 7.81. The molecule has 0 aliphatic rings. The zero-order valence-electron chi connectivity index (χ0n) is 18.5. The molecule has 3 aromatic rings. The number of nitrogens with one attached hydrogen (secondary N) is 1. The molecule has 1 aromatic carbocycles. The van der Waals surface area contributed by atoms with Crippen LogP contribution in [0.2, 0.25) is 0 Å². The SMILES string of the molecule is CCOc1cc(C=NNC(=O)CSc2nnc(-c3cc(C(F)(F)F)nn3C)n2CC)ccc1O. The minimum absolute atomic E-state index is 0.000376. The van der Waals surface area contributed by atoms with Crippen LogP contribution in [0.5, 0.6) is 11.5 Å². The Hall–Kier alpha value is -3.55. The first-order valence-electron chi connectivity index (χ1n) is 10.1. The number of amides is 1. The molecule has 0 fully saturated rings. The number of carbonyl (C=O) groups excluding carboxylic acids is 1.